The van der Waals surface area contributed by atoms with Crippen LogP contribution >= 0.6 is 15.9 Å². The van der Waals surface area contributed by atoms with Crippen molar-refractivity contribution in [2.45, 2.75) is 25.2 Å². The van der Waals surface area contributed by atoms with Gasteiger partial charge >= 0.3 is 0 Å². The standard InChI is InChI=1S/C15H16BrNO/c1-11(2)17-14(12-6-4-3-5-7-12)9-8-13(10-16)15(17)18/h3-9,11H,10H2,1-2H3. The molecule has 0 spiro atoms. The molecule has 0 fully saturated rings. The van der Waals surface area contributed by atoms with E-state index in [1.54, 1.807) is 0 Å². The number of pyridine rings is 1. The first-order valence-electron chi connectivity index (χ1n) is 6.01. The SMILES string of the molecule is CC(C)n1c(-c2ccccc2)ccc(CBr)c1=O. The zero-order valence-corrected chi connectivity index (χ0v) is 12.1. The Morgan fingerprint density at radius 1 is 1.11 bits per heavy atom. The van der Waals surface area contributed by atoms with Gasteiger partial charge < -0.3 is 4.57 Å². The van der Waals surface area contributed by atoms with E-state index in [0.29, 0.717) is 5.33 Å². The summed E-state index contributed by atoms with van der Waals surface area (Å²) in [7, 11) is 0. The highest BCUT2D eigenvalue weighted by molar-refractivity contribution is 9.08. The predicted octanol–water partition coefficient (Wildman–Crippen LogP) is 3.99. The van der Waals surface area contributed by atoms with E-state index < -0.39 is 0 Å². The fraction of sp³-hybridized carbons (Fsp3) is 0.267. The van der Waals surface area contributed by atoms with E-state index in [-0.39, 0.29) is 11.6 Å². The van der Waals surface area contributed by atoms with Crippen LogP contribution in [-0.4, -0.2) is 4.57 Å². The monoisotopic (exact) mass is 305 g/mol. The summed E-state index contributed by atoms with van der Waals surface area (Å²) >= 11 is 3.36. The molecule has 1 aromatic carbocycles. The Bertz CT molecular complexity index is 587. The van der Waals surface area contributed by atoms with Crippen LogP contribution in [0.2, 0.25) is 0 Å². The second-order valence-electron chi connectivity index (χ2n) is 4.51. The van der Waals surface area contributed by atoms with E-state index in [4.69, 9.17) is 0 Å². The van der Waals surface area contributed by atoms with Gasteiger partial charge in [0, 0.05) is 16.9 Å². The van der Waals surface area contributed by atoms with E-state index in [1.807, 2.05) is 60.9 Å². The molecule has 0 saturated heterocycles. The molecule has 0 atom stereocenters. The molecule has 1 heterocycles. The number of aromatic nitrogens is 1. The molecule has 0 N–H and O–H groups in total. The first kappa shape index (κ1) is 13.1. The van der Waals surface area contributed by atoms with E-state index in [2.05, 4.69) is 15.9 Å². The topological polar surface area (TPSA) is 22.0 Å². The van der Waals surface area contributed by atoms with Gasteiger partial charge in [-0.1, -0.05) is 52.3 Å². The third-order valence-corrected chi connectivity index (χ3v) is 3.53. The van der Waals surface area contributed by atoms with Gasteiger partial charge in [0.05, 0.1) is 5.69 Å². The van der Waals surface area contributed by atoms with Crippen LogP contribution in [0.4, 0.5) is 0 Å². The second-order valence-corrected chi connectivity index (χ2v) is 5.07. The maximum atomic E-state index is 12.4. The molecule has 0 amide bonds. The fourth-order valence-electron chi connectivity index (χ4n) is 2.05. The second kappa shape index (κ2) is 5.53. The average molecular weight is 306 g/mol. The minimum atomic E-state index is 0.0863. The van der Waals surface area contributed by atoms with E-state index >= 15 is 0 Å². The van der Waals surface area contributed by atoms with Crippen LogP contribution < -0.4 is 5.56 Å². The van der Waals surface area contributed by atoms with Gasteiger partial charge in [0.2, 0.25) is 0 Å². The average Bonchev–Trinajstić information content (AvgIpc) is 2.39. The largest absolute Gasteiger partial charge is 0.306 e. The number of hydrogen-bond acceptors (Lipinski definition) is 1. The molecular formula is C15H16BrNO. The number of alkyl halides is 1. The summed E-state index contributed by atoms with van der Waals surface area (Å²) in [4.78, 5) is 12.4. The van der Waals surface area contributed by atoms with Gasteiger partial charge in [-0.15, -0.1) is 0 Å². The van der Waals surface area contributed by atoms with Gasteiger partial charge in [-0.25, -0.2) is 0 Å². The number of rotatable bonds is 3. The molecule has 2 nitrogen and oxygen atoms in total. The summed E-state index contributed by atoms with van der Waals surface area (Å²) in [5.41, 5.74) is 2.93. The molecule has 0 saturated carbocycles. The molecular weight excluding hydrogens is 290 g/mol. The lowest BCUT2D eigenvalue weighted by molar-refractivity contribution is 0.582. The van der Waals surface area contributed by atoms with Crippen LogP contribution in [0.5, 0.6) is 0 Å². The minimum absolute atomic E-state index is 0.0863. The van der Waals surface area contributed by atoms with Crippen molar-refractivity contribution < 1.29 is 0 Å². The van der Waals surface area contributed by atoms with Crippen molar-refractivity contribution in [3.05, 3.63) is 58.4 Å². The smallest absolute Gasteiger partial charge is 0.255 e. The quantitative estimate of drug-likeness (QED) is 0.786. The Morgan fingerprint density at radius 2 is 1.78 bits per heavy atom. The Kier molecular flexibility index (Phi) is 4.02. The van der Waals surface area contributed by atoms with Crippen molar-refractivity contribution in [1.29, 1.82) is 0 Å². The Labute approximate surface area is 115 Å². The van der Waals surface area contributed by atoms with E-state index in [1.165, 1.54) is 0 Å². The van der Waals surface area contributed by atoms with Crippen molar-refractivity contribution in [3.63, 3.8) is 0 Å². The van der Waals surface area contributed by atoms with Crippen molar-refractivity contribution >= 4 is 15.9 Å². The molecule has 0 radical (unpaired) electrons. The number of nitrogens with zero attached hydrogens (tertiary/aromatic N) is 1. The molecule has 0 aliphatic heterocycles. The van der Waals surface area contributed by atoms with Gasteiger partial charge in [0.1, 0.15) is 0 Å². The van der Waals surface area contributed by atoms with Gasteiger partial charge in [-0.3, -0.25) is 4.79 Å². The Hall–Kier alpha value is -1.35. The van der Waals surface area contributed by atoms with E-state index in [0.717, 1.165) is 16.8 Å². The van der Waals surface area contributed by atoms with Crippen LogP contribution in [0.3, 0.4) is 0 Å². The van der Waals surface area contributed by atoms with Crippen LogP contribution in [-0.2, 0) is 5.33 Å². The maximum Gasteiger partial charge on any atom is 0.255 e. The molecule has 0 aliphatic carbocycles. The fourth-order valence-corrected chi connectivity index (χ4v) is 2.48. The van der Waals surface area contributed by atoms with Crippen LogP contribution in [0.15, 0.2) is 47.3 Å². The summed E-state index contributed by atoms with van der Waals surface area (Å²) in [6.45, 7) is 4.07. The molecule has 18 heavy (non-hydrogen) atoms. The molecule has 0 aliphatic rings. The van der Waals surface area contributed by atoms with E-state index in [9.17, 15) is 4.79 Å². The van der Waals surface area contributed by atoms with Crippen molar-refractivity contribution in [2.24, 2.45) is 0 Å². The summed E-state index contributed by atoms with van der Waals surface area (Å²) in [5, 5.41) is 0.591. The van der Waals surface area contributed by atoms with Crippen LogP contribution in [0, 0.1) is 0 Å². The number of benzene rings is 1. The van der Waals surface area contributed by atoms with Gasteiger partial charge in [0.15, 0.2) is 0 Å². The maximum absolute atomic E-state index is 12.4. The highest BCUT2D eigenvalue weighted by atomic mass is 79.9. The highest BCUT2D eigenvalue weighted by Gasteiger charge is 2.11. The lowest BCUT2D eigenvalue weighted by Crippen LogP contribution is -2.26. The summed E-state index contributed by atoms with van der Waals surface area (Å²) in [5.74, 6) is 0. The lowest BCUT2D eigenvalue weighted by atomic mass is 10.1. The highest BCUT2D eigenvalue weighted by Crippen LogP contribution is 2.21. The van der Waals surface area contributed by atoms with Gasteiger partial charge in [-0.2, -0.15) is 0 Å². The zero-order valence-electron chi connectivity index (χ0n) is 10.6. The molecule has 3 heteroatoms. The van der Waals surface area contributed by atoms with Crippen LogP contribution in [0.25, 0.3) is 11.3 Å². The minimum Gasteiger partial charge on any atom is -0.306 e. The molecule has 94 valence electrons. The zero-order chi connectivity index (χ0) is 13.1. The molecule has 0 bridgehead atoms. The van der Waals surface area contributed by atoms with Crippen molar-refractivity contribution in [1.82, 2.24) is 4.57 Å². The van der Waals surface area contributed by atoms with Crippen LogP contribution in [0.1, 0.15) is 25.5 Å². The lowest BCUT2D eigenvalue weighted by Gasteiger charge is -2.17. The Morgan fingerprint density at radius 3 is 2.33 bits per heavy atom. The third-order valence-electron chi connectivity index (χ3n) is 2.93. The van der Waals surface area contributed by atoms with Crippen molar-refractivity contribution in [2.75, 3.05) is 0 Å². The summed E-state index contributed by atoms with van der Waals surface area (Å²) < 4.78 is 1.85. The third kappa shape index (κ3) is 2.41. The first-order valence-corrected chi connectivity index (χ1v) is 7.13. The van der Waals surface area contributed by atoms with Gasteiger partial charge in [-0.05, 0) is 25.5 Å². The summed E-state index contributed by atoms with van der Waals surface area (Å²) in [6, 6.07) is 14.1. The normalized spacial score (nSPS) is 10.9. The number of halogens is 1. The van der Waals surface area contributed by atoms with Crippen molar-refractivity contribution in [3.8, 4) is 11.3 Å². The first-order chi connectivity index (χ1) is 8.65. The van der Waals surface area contributed by atoms with Gasteiger partial charge in [0.25, 0.3) is 5.56 Å². The molecule has 2 aromatic rings. The molecule has 2 rings (SSSR count). The Balaban J connectivity index is 2.69. The number of hydrogen-bond donors (Lipinski definition) is 0. The summed E-state index contributed by atoms with van der Waals surface area (Å²) in [6.07, 6.45) is 0. The predicted molar refractivity (Wildman–Crippen MR) is 79.2 cm³/mol. The molecule has 0 unspecified atom stereocenters. The molecule has 1 aromatic heterocycles.